The van der Waals surface area contributed by atoms with E-state index in [0.29, 0.717) is 10.6 Å². The fourth-order valence-electron chi connectivity index (χ4n) is 2.31. The fourth-order valence-corrected chi connectivity index (χ4v) is 5.06. The number of ether oxygens (including phenoxy) is 1. The van der Waals surface area contributed by atoms with Crippen LogP contribution in [0.15, 0.2) is 56.5 Å². The quantitative estimate of drug-likeness (QED) is 0.324. The van der Waals surface area contributed by atoms with E-state index in [2.05, 4.69) is 21.2 Å². The Morgan fingerprint density at radius 1 is 1.19 bits per heavy atom. The van der Waals surface area contributed by atoms with Crippen molar-refractivity contribution >= 4 is 67.2 Å². The fraction of sp³-hybridized carbons (Fsp3) is 0.158. The third-order valence-electron chi connectivity index (χ3n) is 3.49. The number of rotatable bonds is 7. The molecule has 0 aliphatic carbocycles. The summed E-state index contributed by atoms with van der Waals surface area (Å²) in [6.07, 6.45) is 0. The Labute approximate surface area is 178 Å². The van der Waals surface area contributed by atoms with Crippen molar-refractivity contribution < 1.29 is 14.3 Å². The van der Waals surface area contributed by atoms with Crippen molar-refractivity contribution in [2.75, 3.05) is 17.7 Å². The minimum Gasteiger partial charge on any atom is -0.462 e. The molecule has 0 aliphatic rings. The maximum Gasteiger partial charge on any atom is 0.341 e. The molecule has 0 saturated heterocycles. The zero-order valence-electron chi connectivity index (χ0n) is 14.4. The zero-order valence-corrected chi connectivity index (χ0v) is 18.4. The van der Waals surface area contributed by atoms with Crippen molar-refractivity contribution in [1.29, 1.82) is 0 Å². The van der Waals surface area contributed by atoms with E-state index in [4.69, 9.17) is 4.74 Å². The van der Waals surface area contributed by atoms with Crippen LogP contribution in [0.25, 0.3) is 10.4 Å². The number of amides is 1. The molecular formula is C19H16BrNO3S3. The largest absolute Gasteiger partial charge is 0.462 e. The van der Waals surface area contributed by atoms with E-state index in [0.717, 1.165) is 19.8 Å². The number of hydrogen-bond acceptors (Lipinski definition) is 6. The lowest BCUT2D eigenvalue weighted by atomic mass is 10.1. The number of halogens is 1. The summed E-state index contributed by atoms with van der Waals surface area (Å²) >= 11 is 7.72. The molecular weight excluding hydrogens is 466 g/mol. The van der Waals surface area contributed by atoms with Crippen LogP contribution in [-0.4, -0.2) is 24.2 Å². The molecule has 0 saturated carbocycles. The number of esters is 1. The van der Waals surface area contributed by atoms with E-state index in [1.165, 1.54) is 23.1 Å². The molecule has 1 N–H and O–H groups in total. The summed E-state index contributed by atoms with van der Waals surface area (Å²) < 4.78 is 6.19. The van der Waals surface area contributed by atoms with E-state index in [1.54, 1.807) is 18.3 Å². The molecule has 1 aromatic carbocycles. The van der Waals surface area contributed by atoms with Gasteiger partial charge in [-0.2, -0.15) is 0 Å². The van der Waals surface area contributed by atoms with Gasteiger partial charge in [-0.25, -0.2) is 4.79 Å². The molecule has 140 valence electrons. The molecule has 1 amide bonds. The average Bonchev–Trinajstić information content (AvgIpc) is 3.31. The average molecular weight is 482 g/mol. The zero-order chi connectivity index (χ0) is 19.2. The second kappa shape index (κ2) is 9.54. The van der Waals surface area contributed by atoms with Crippen molar-refractivity contribution in [3.05, 3.63) is 57.2 Å². The molecule has 2 aromatic heterocycles. The van der Waals surface area contributed by atoms with Crippen molar-refractivity contribution in [2.24, 2.45) is 0 Å². The first-order valence-electron chi connectivity index (χ1n) is 8.09. The number of nitrogens with one attached hydrogen (secondary N) is 1. The van der Waals surface area contributed by atoms with Gasteiger partial charge in [0, 0.05) is 25.2 Å². The molecule has 0 atom stereocenters. The Morgan fingerprint density at radius 3 is 2.63 bits per heavy atom. The van der Waals surface area contributed by atoms with Crippen LogP contribution in [0.1, 0.15) is 17.3 Å². The second-order valence-corrected chi connectivity index (χ2v) is 9.13. The number of carbonyl (C=O) groups is 2. The number of carbonyl (C=O) groups excluding carboxylic acids is 2. The smallest absolute Gasteiger partial charge is 0.341 e. The summed E-state index contributed by atoms with van der Waals surface area (Å²) in [5, 5.41) is 7.23. The number of benzene rings is 1. The molecule has 8 heteroatoms. The van der Waals surface area contributed by atoms with E-state index in [1.807, 2.05) is 47.2 Å². The van der Waals surface area contributed by atoms with Gasteiger partial charge in [0.25, 0.3) is 0 Å². The van der Waals surface area contributed by atoms with Gasteiger partial charge in [0.05, 0.1) is 12.4 Å². The molecule has 27 heavy (non-hydrogen) atoms. The highest BCUT2D eigenvalue weighted by molar-refractivity contribution is 9.10. The van der Waals surface area contributed by atoms with Crippen LogP contribution in [0, 0.1) is 0 Å². The lowest BCUT2D eigenvalue weighted by Gasteiger charge is -2.08. The Bertz CT molecular complexity index is 920. The van der Waals surface area contributed by atoms with E-state index >= 15 is 0 Å². The molecule has 0 radical (unpaired) electrons. The Morgan fingerprint density at radius 2 is 1.96 bits per heavy atom. The topological polar surface area (TPSA) is 55.4 Å². The lowest BCUT2D eigenvalue weighted by Crippen LogP contribution is -2.16. The summed E-state index contributed by atoms with van der Waals surface area (Å²) in [4.78, 5) is 26.8. The monoisotopic (exact) mass is 481 g/mol. The third-order valence-corrected chi connectivity index (χ3v) is 6.83. The predicted octanol–water partition coefficient (Wildman–Crippen LogP) is 6.15. The SMILES string of the molecule is CCOC(=O)c1c(-c2cccs2)csc1NC(=O)CSc1ccc(Br)cc1. The number of thioether (sulfide) groups is 1. The van der Waals surface area contributed by atoms with Crippen LogP contribution < -0.4 is 5.32 Å². The van der Waals surface area contributed by atoms with Crippen LogP contribution in [0.2, 0.25) is 0 Å². The summed E-state index contributed by atoms with van der Waals surface area (Å²) in [5.74, 6) is -0.318. The van der Waals surface area contributed by atoms with Gasteiger partial charge < -0.3 is 10.1 Å². The van der Waals surface area contributed by atoms with Gasteiger partial charge in [0.1, 0.15) is 10.6 Å². The third kappa shape index (κ3) is 5.22. The minimum absolute atomic E-state index is 0.159. The number of anilines is 1. The minimum atomic E-state index is -0.419. The first kappa shape index (κ1) is 20.1. The van der Waals surface area contributed by atoms with E-state index in [-0.39, 0.29) is 18.3 Å². The van der Waals surface area contributed by atoms with Crippen molar-refractivity contribution in [3.63, 3.8) is 0 Å². The second-order valence-electron chi connectivity index (χ2n) is 5.34. The standard InChI is InChI=1S/C19H16BrNO3S3/c1-2-24-19(23)17-14(15-4-3-9-25-15)10-27-18(17)21-16(22)11-26-13-7-5-12(20)6-8-13/h3-10H,2,11H2,1H3,(H,21,22). The van der Waals surface area contributed by atoms with Crippen molar-refractivity contribution in [2.45, 2.75) is 11.8 Å². The molecule has 0 bridgehead atoms. The van der Waals surface area contributed by atoms with Gasteiger partial charge in [-0.1, -0.05) is 22.0 Å². The van der Waals surface area contributed by atoms with E-state index in [9.17, 15) is 9.59 Å². The molecule has 0 fully saturated rings. The van der Waals surface area contributed by atoms with Crippen LogP contribution >= 0.6 is 50.4 Å². The molecule has 2 heterocycles. The van der Waals surface area contributed by atoms with Crippen LogP contribution in [0.5, 0.6) is 0 Å². The first-order valence-corrected chi connectivity index (χ1v) is 11.6. The highest BCUT2D eigenvalue weighted by Gasteiger charge is 2.23. The maximum absolute atomic E-state index is 12.5. The van der Waals surface area contributed by atoms with Crippen LogP contribution in [0.3, 0.4) is 0 Å². The highest BCUT2D eigenvalue weighted by Crippen LogP contribution is 2.38. The van der Waals surface area contributed by atoms with Gasteiger partial charge in [-0.05, 0) is 42.6 Å². The van der Waals surface area contributed by atoms with Crippen molar-refractivity contribution in [1.82, 2.24) is 0 Å². The Kier molecular flexibility index (Phi) is 7.12. The summed E-state index contributed by atoms with van der Waals surface area (Å²) in [7, 11) is 0. The first-order chi connectivity index (χ1) is 13.1. The van der Waals surface area contributed by atoms with Gasteiger partial charge >= 0.3 is 5.97 Å². The molecule has 3 aromatic rings. The van der Waals surface area contributed by atoms with Crippen LogP contribution in [-0.2, 0) is 9.53 Å². The Hall–Kier alpha value is -1.61. The number of thiophene rings is 2. The molecule has 0 aliphatic heterocycles. The van der Waals surface area contributed by atoms with E-state index < -0.39 is 5.97 Å². The van der Waals surface area contributed by atoms with Gasteiger partial charge in [0.2, 0.25) is 5.91 Å². The molecule has 0 spiro atoms. The normalized spacial score (nSPS) is 10.6. The van der Waals surface area contributed by atoms with Crippen LogP contribution in [0.4, 0.5) is 5.00 Å². The summed E-state index contributed by atoms with van der Waals surface area (Å²) in [6, 6.07) is 11.7. The summed E-state index contributed by atoms with van der Waals surface area (Å²) in [5.41, 5.74) is 1.22. The van der Waals surface area contributed by atoms with Crippen molar-refractivity contribution in [3.8, 4) is 10.4 Å². The lowest BCUT2D eigenvalue weighted by molar-refractivity contribution is -0.113. The van der Waals surface area contributed by atoms with Gasteiger partial charge in [-0.15, -0.1) is 34.4 Å². The predicted molar refractivity (Wildman–Crippen MR) is 117 cm³/mol. The molecule has 0 unspecified atom stereocenters. The molecule has 3 rings (SSSR count). The van der Waals surface area contributed by atoms with Gasteiger partial charge in [0.15, 0.2) is 0 Å². The highest BCUT2D eigenvalue weighted by atomic mass is 79.9. The maximum atomic E-state index is 12.5. The summed E-state index contributed by atoms with van der Waals surface area (Å²) in [6.45, 7) is 2.05. The van der Waals surface area contributed by atoms with Gasteiger partial charge in [-0.3, -0.25) is 4.79 Å². The number of hydrogen-bond donors (Lipinski definition) is 1. The Balaban J connectivity index is 1.74. The molecule has 4 nitrogen and oxygen atoms in total.